The number of anilines is 3. The summed E-state index contributed by atoms with van der Waals surface area (Å²) in [4.78, 5) is 12.6. The number of benzene rings is 1. The molecule has 0 saturated heterocycles. The number of hydrogen-bond donors (Lipinski definition) is 2. The fourth-order valence-corrected chi connectivity index (χ4v) is 2.11. The molecule has 0 spiro atoms. The van der Waals surface area contributed by atoms with E-state index in [1.807, 2.05) is 6.07 Å². The molecule has 0 fully saturated rings. The van der Waals surface area contributed by atoms with E-state index >= 15 is 0 Å². The van der Waals surface area contributed by atoms with Crippen LogP contribution in [0.3, 0.4) is 0 Å². The Bertz CT molecular complexity index is 884. The largest absolute Gasteiger partial charge is 0.495 e. The SMILES string of the molecule is COc1cc(-c2cnc(Nc3ccc(N)nc3)nc2)ccc1C#N. The summed E-state index contributed by atoms with van der Waals surface area (Å²) < 4.78 is 5.22. The first-order valence-corrected chi connectivity index (χ1v) is 7.08. The highest BCUT2D eigenvalue weighted by Crippen LogP contribution is 2.26. The van der Waals surface area contributed by atoms with Crippen molar-refractivity contribution in [2.75, 3.05) is 18.2 Å². The first-order chi connectivity index (χ1) is 11.7. The number of aromatic nitrogens is 3. The van der Waals surface area contributed by atoms with Crippen LogP contribution < -0.4 is 15.8 Å². The van der Waals surface area contributed by atoms with Crippen molar-refractivity contribution in [3.63, 3.8) is 0 Å². The summed E-state index contributed by atoms with van der Waals surface area (Å²) in [5.74, 6) is 1.42. The van der Waals surface area contributed by atoms with Crippen molar-refractivity contribution in [3.8, 4) is 22.9 Å². The number of hydrogen-bond acceptors (Lipinski definition) is 7. The van der Waals surface area contributed by atoms with Gasteiger partial charge in [-0.3, -0.25) is 0 Å². The van der Waals surface area contributed by atoms with Crippen molar-refractivity contribution in [1.29, 1.82) is 5.26 Å². The Hall–Kier alpha value is -3.66. The Morgan fingerprint density at radius 1 is 1.04 bits per heavy atom. The van der Waals surface area contributed by atoms with Crippen molar-refractivity contribution in [1.82, 2.24) is 15.0 Å². The van der Waals surface area contributed by atoms with E-state index in [0.717, 1.165) is 16.8 Å². The van der Waals surface area contributed by atoms with Gasteiger partial charge in [0.1, 0.15) is 17.6 Å². The van der Waals surface area contributed by atoms with Gasteiger partial charge in [0.2, 0.25) is 5.95 Å². The monoisotopic (exact) mass is 318 g/mol. The zero-order valence-electron chi connectivity index (χ0n) is 12.9. The molecular formula is C17H14N6O. The third-order valence-electron chi connectivity index (χ3n) is 3.35. The van der Waals surface area contributed by atoms with Gasteiger partial charge in [0.15, 0.2) is 0 Å². The molecule has 0 radical (unpaired) electrons. The molecule has 118 valence electrons. The smallest absolute Gasteiger partial charge is 0.227 e. The molecule has 0 aliphatic rings. The standard InChI is InChI=1S/C17H14N6O/c1-24-15-6-11(2-3-12(15)7-18)13-8-21-17(22-9-13)23-14-4-5-16(19)20-10-14/h2-6,8-10H,1H3,(H2,19,20)(H,21,22,23). The maximum Gasteiger partial charge on any atom is 0.227 e. The van der Waals surface area contributed by atoms with Gasteiger partial charge in [0, 0.05) is 18.0 Å². The fourth-order valence-electron chi connectivity index (χ4n) is 2.11. The predicted molar refractivity (Wildman–Crippen MR) is 90.7 cm³/mol. The Labute approximate surface area is 138 Å². The van der Waals surface area contributed by atoms with E-state index in [-0.39, 0.29) is 0 Å². The number of nitrogens with two attached hydrogens (primary N) is 1. The van der Waals surface area contributed by atoms with Gasteiger partial charge in [-0.05, 0) is 29.8 Å². The quantitative estimate of drug-likeness (QED) is 0.761. The highest BCUT2D eigenvalue weighted by Gasteiger charge is 2.07. The minimum atomic E-state index is 0.450. The molecule has 0 saturated carbocycles. The number of ether oxygens (including phenoxy) is 1. The molecule has 3 N–H and O–H groups in total. The number of pyridine rings is 1. The van der Waals surface area contributed by atoms with Crippen LogP contribution in [0.5, 0.6) is 5.75 Å². The van der Waals surface area contributed by atoms with Gasteiger partial charge >= 0.3 is 0 Å². The lowest BCUT2D eigenvalue weighted by Crippen LogP contribution is -1.98. The molecule has 3 rings (SSSR count). The van der Waals surface area contributed by atoms with E-state index in [9.17, 15) is 0 Å². The molecule has 2 aromatic heterocycles. The summed E-state index contributed by atoms with van der Waals surface area (Å²) in [6.45, 7) is 0. The van der Waals surface area contributed by atoms with Crippen molar-refractivity contribution in [2.24, 2.45) is 0 Å². The number of nitrogens with zero attached hydrogens (tertiary/aromatic N) is 4. The van der Waals surface area contributed by atoms with Crippen LogP contribution in [-0.2, 0) is 0 Å². The lowest BCUT2D eigenvalue weighted by atomic mass is 10.1. The van der Waals surface area contributed by atoms with E-state index in [1.54, 1.807) is 42.9 Å². The van der Waals surface area contributed by atoms with Crippen LogP contribution in [-0.4, -0.2) is 22.1 Å². The summed E-state index contributed by atoms with van der Waals surface area (Å²) in [7, 11) is 1.53. The number of nitriles is 1. The van der Waals surface area contributed by atoms with Crippen LogP contribution in [0.4, 0.5) is 17.5 Å². The molecule has 2 heterocycles. The zero-order chi connectivity index (χ0) is 16.9. The second-order valence-corrected chi connectivity index (χ2v) is 4.92. The van der Waals surface area contributed by atoms with Crippen LogP contribution in [0.1, 0.15) is 5.56 Å². The topological polar surface area (TPSA) is 110 Å². The summed E-state index contributed by atoms with van der Waals surface area (Å²) in [5.41, 5.74) is 8.46. The van der Waals surface area contributed by atoms with Crippen molar-refractivity contribution in [2.45, 2.75) is 0 Å². The van der Waals surface area contributed by atoms with Crippen LogP contribution in [0, 0.1) is 11.3 Å². The number of nitrogens with one attached hydrogen (secondary N) is 1. The summed E-state index contributed by atoms with van der Waals surface area (Å²) >= 11 is 0. The van der Waals surface area contributed by atoms with E-state index in [1.165, 1.54) is 7.11 Å². The maximum absolute atomic E-state index is 9.03. The number of methoxy groups -OCH3 is 1. The van der Waals surface area contributed by atoms with Gasteiger partial charge in [-0.2, -0.15) is 5.26 Å². The van der Waals surface area contributed by atoms with Gasteiger partial charge in [-0.25, -0.2) is 15.0 Å². The lowest BCUT2D eigenvalue weighted by Gasteiger charge is -2.08. The average molecular weight is 318 g/mol. The number of rotatable bonds is 4. The second kappa shape index (κ2) is 6.62. The Kier molecular flexibility index (Phi) is 4.21. The molecule has 3 aromatic rings. The zero-order valence-corrected chi connectivity index (χ0v) is 12.9. The second-order valence-electron chi connectivity index (χ2n) is 4.92. The molecule has 0 atom stereocenters. The highest BCUT2D eigenvalue weighted by molar-refractivity contribution is 5.66. The van der Waals surface area contributed by atoms with Crippen LogP contribution in [0.25, 0.3) is 11.1 Å². The summed E-state index contributed by atoms with van der Waals surface area (Å²) in [5, 5.41) is 12.1. The number of nitrogen functional groups attached to an aromatic ring is 1. The van der Waals surface area contributed by atoms with E-state index in [0.29, 0.717) is 23.1 Å². The molecule has 7 heteroatoms. The van der Waals surface area contributed by atoms with Crippen LogP contribution in [0.2, 0.25) is 0 Å². The Morgan fingerprint density at radius 2 is 1.83 bits per heavy atom. The average Bonchev–Trinajstić information content (AvgIpc) is 2.63. The van der Waals surface area contributed by atoms with Crippen LogP contribution in [0.15, 0.2) is 48.9 Å². The van der Waals surface area contributed by atoms with Gasteiger partial charge < -0.3 is 15.8 Å². The lowest BCUT2D eigenvalue weighted by molar-refractivity contribution is 0.413. The van der Waals surface area contributed by atoms with E-state index < -0.39 is 0 Å². The third kappa shape index (κ3) is 3.23. The Balaban J connectivity index is 1.82. The first kappa shape index (κ1) is 15.2. The van der Waals surface area contributed by atoms with Crippen LogP contribution >= 0.6 is 0 Å². The fraction of sp³-hybridized carbons (Fsp3) is 0.0588. The van der Waals surface area contributed by atoms with Gasteiger partial charge in [0.05, 0.1) is 24.6 Å². The van der Waals surface area contributed by atoms with Gasteiger partial charge in [-0.1, -0.05) is 6.07 Å². The van der Waals surface area contributed by atoms with Crippen molar-refractivity contribution in [3.05, 3.63) is 54.5 Å². The molecule has 0 aliphatic heterocycles. The predicted octanol–water partition coefficient (Wildman–Crippen LogP) is 2.74. The molecule has 0 aliphatic carbocycles. The summed E-state index contributed by atoms with van der Waals surface area (Å²) in [6.07, 6.45) is 5.00. The molecule has 1 aromatic carbocycles. The molecule has 7 nitrogen and oxygen atoms in total. The van der Waals surface area contributed by atoms with Gasteiger partial charge in [-0.15, -0.1) is 0 Å². The molecule has 0 bridgehead atoms. The van der Waals surface area contributed by atoms with Crippen molar-refractivity contribution < 1.29 is 4.74 Å². The molecular weight excluding hydrogens is 304 g/mol. The van der Waals surface area contributed by atoms with Crippen molar-refractivity contribution >= 4 is 17.5 Å². The van der Waals surface area contributed by atoms with E-state index in [4.69, 9.17) is 15.7 Å². The Morgan fingerprint density at radius 3 is 2.46 bits per heavy atom. The third-order valence-corrected chi connectivity index (χ3v) is 3.35. The maximum atomic E-state index is 9.03. The molecule has 0 amide bonds. The normalized spacial score (nSPS) is 10.0. The minimum Gasteiger partial charge on any atom is -0.495 e. The first-order valence-electron chi connectivity index (χ1n) is 7.08. The van der Waals surface area contributed by atoms with Gasteiger partial charge in [0.25, 0.3) is 0 Å². The summed E-state index contributed by atoms with van der Waals surface area (Å²) in [6, 6.07) is 10.9. The van der Waals surface area contributed by atoms with E-state index in [2.05, 4.69) is 26.3 Å². The minimum absolute atomic E-state index is 0.450. The molecule has 0 unspecified atom stereocenters. The highest BCUT2D eigenvalue weighted by atomic mass is 16.5. The molecule has 24 heavy (non-hydrogen) atoms.